The van der Waals surface area contributed by atoms with E-state index in [0.717, 1.165) is 31.9 Å². The quantitative estimate of drug-likeness (QED) is 0.562. The Morgan fingerprint density at radius 3 is 2.00 bits per heavy atom. The van der Waals surface area contributed by atoms with Crippen LogP contribution in [0.15, 0.2) is 6.20 Å². The van der Waals surface area contributed by atoms with Crippen LogP contribution in [0.1, 0.15) is 94.7 Å². The number of aromatic nitrogens is 3. The van der Waals surface area contributed by atoms with Crippen LogP contribution in [-0.2, 0) is 15.7 Å². The van der Waals surface area contributed by atoms with Gasteiger partial charge < -0.3 is 10.0 Å². The normalized spacial score (nSPS) is 16.7. The summed E-state index contributed by atoms with van der Waals surface area (Å²) in [7, 11) is 0. The van der Waals surface area contributed by atoms with Crippen molar-refractivity contribution < 1.29 is 9.90 Å². The third kappa shape index (κ3) is 8.63. The molecule has 1 saturated heterocycles. The van der Waals surface area contributed by atoms with Crippen molar-refractivity contribution in [2.45, 2.75) is 106 Å². The number of carbonyl (C=O) groups is 1. The van der Waals surface area contributed by atoms with Crippen LogP contribution < -0.4 is 0 Å². The summed E-state index contributed by atoms with van der Waals surface area (Å²) in [6, 6.07) is 0.604. The fraction of sp³-hybridized carbons (Fsp3) is 0.889. The Hall–Kier alpha value is -1.47. The van der Waals surface area contributed by atoms with Crippen molar-refractivity contribution in [1.29, 1.82) is 0 Å². The first-order chi connectivity index (χ1) is 15.6. The molecule has 34 heavy (non-hydrogen) atoms. The number of hydrogen-bond donors (Lipinski definition) is 1. The van der Waals surface area contributed by atoms with Gasteiger partial charge in [-0.2, -0.15) is 0 Å². The van der Waals surface area contributed by atoms with E-state index in [1.165, 1.54) is 0 Å². The highest BCUT2D eigenvalue weighted by Gasteiger charge is 2.34. The van der Waals surface area contributed by atoms with Gasteiger partial charge in [-0.1, -0.05) is 53.7 Å². The third-order valence-electron chi connectivity index (χ3n) is 7.62. The summed E-state index contributed by atoms with van der Waals surface area (Å²) in [5, 5.41) is 17.8. The molecule has 2 heterocycles. The number of amides is 1. The molecule has 1 N–H and O–H groups in total. The van der Waals surface area contributed by atoms with Crippen molar-refractivity contribution in [2.75, 3.05) is 32.8 Å². The number of rotatable bonds is 9. The lowest BCUT2D eigenvalue weighted by Gasteiger charge is -2.37. The van der Waals surface area contributed by atoms with Crippen molar-refractivity contribution in [3.05, 3.63) is 11.9 Å². The molecule has 0 radical (unpaired) electrons. The predicted molar refractivity (Wildman–Crippen MR) is 141 cm³/mol. The van der Waals surface area contributed by atoms with Gasteiger partial charge in [-0.05, 0) is 51.9 Å². The predicted octanol–water partition coefficient (Wildman–Crippen LogP) is 4.55. The molecule has 0 aromatic carbocycles. The van der Waals surface area contributed by atoms with Crippen molar-refractivity contribution in [2.24, 2.45) is 17.8 Å². The maximum absolute atomic E-state index is 11.8. The van der Waals surface area contributed by atoms with Gasteiger partial charge in [0.05, 0.1) is 11.2 Å². The molecule has 0 saturated carbocycles. The Morgan fingerprint density at radius 1 is 1.00 bits per heavy atom. The van der Waals surface area contributed by atoms with E-state index < -0.39 is 0 Å². The maximum Gasteiger partial charge on any atom is 0.222 e. The molecule has 1 fully saturated rings. The van der Waals surface area contributed by atoms with Gasteiger partial charge in [0.2, 0.25) is 5.91 Å². The van der Waals surface area contributed by atoms with Gasteiger partial charge in [0.25, 0.3) is 0 Å². The molecule has 1 amide bonds. The van der Waals surface area contributed by atoms with Gasteiger partial charge in [0.1, 0.15) is 0 Å². The molecule has 1 aromatic rings. The summed E-state index contributed by atoms with van der Waals surface area (Å²) in [6.07, 6.45) is 3.41. The standard InChI is InChI=1S/C15H29N3O.C12H24N2O/c1-11(2)12(3)15(6,7)13-10-18(17-16-13)14(4,5)8-9-19;1-10(2)9-12(15)14-7-5-13(6-8-14)11(3)4/h10-12,19H,8-9H2,1-7H3;10-11H,5-9H2,1-4H3. The second-order valence-electron chi connectivity index (χ2n) is 12.2. The molecule has 1 aliphatic rings. The lowest BCUT2D eigenvalue weighted by atomic mass is 9.72. The smallest absolute Gasteiger partial charge is 0.222 e. The van der Waals surface area contributed by atoms with E-state index in [1.807, 2.05) is 15.8 Å². The SMILES string of the molecule is CC(C)C(C)C(C)(C)c1cn(C(C)(C)CCO)nn1.CC(C)CC(=O)N1CCN(C(C)C)CC1. The van der Waals surface area contributed by atoms with Crippen LogP contribution in [0.5, 0.6) is 0 Å². The van der Waals surface area contributed by atoms with Gasteiger partial charge in [0.15, 0.2) is 0 Å². The minimum absolute atomic E-state index is 0.00170. The molecule has 1 atom stereocenters. The number of carbonyl (C=O) groups excluding carboxylic acids is 1. The van der Waals surface area contributed by atoms with Gasteiger partial charge >= 0.3 is 0 Å². The molecule has 198 valence electrons. The molecule has 0 bridgehead atoms. The topological polar surface area (TPSA) is 74.5 Å². The number of nitrogens with zero attached hydrogens (tertiary/aromatic N) is 5. The summed E-state index contributed by atoms with van der Waals surface area (Å²) >= 11 is 0. The van der Waals surface area contributed by atoms with E-state index in [-0.39, 0.29) is 17.6 Å². The van der Waals surface area contributed by atoms with Crippen LogP contribution in [0.2, 0.25) is 0 Å². The Labute approximate surface area is 209 Å². The second kappa shape index (κ2) is 13.0. The first-order valence-corrected chi connectivity index (χ1v) is 13.2. The zero-order valence-electron chi connectivity index (χ0n) is 23.9. The molecular formula is C27H53N5O2. The molecule has 2 rings (SSSR count). The average molecular weight is 480 g/mol. The van der Waals surface area contributed by atoms with E-state index >= 15 is 0 Å². The van der Waals surface area contributed by atoms with E-state index in [1.54, 1.807) is 0 Å². The minimum atomic E-state index is -0.197. The molecular weight excluding hydrogens is 426 g/mol. The summed E-state index contributed by atoms with van der Waals surface area (Å²) < 4.78 is 1.88. The lowest BCUT2D eigenvalue weighted by molar-refractivity contribution is -0.133. The van der Waals surface area contributed by atoms with Crippen LogP contribution in [0.4, 0.5) is 0 Å². The number of aliphatic hydroxyl groups excluding tert-OH is 1. The van der Waals surface area contributed by atoms with Gasteiger partial charge in [0, 0.05) is 56.9 Å². The highest BCUT2D eigenvalue weighted by Crippen LogP contribution is 2.35. The Balaban J connectivity index is 0.000000350. The Kier molecular flexibility index (Phi) is 11.7. The van der Waals surface area contributed by atoms with Crippen LogP contribution >= 0.6 is 0 Å². The maximum atomic E-state index is 11.8. The van der Waals surface area contributed by atoms with Crippen LogP contribution in [-0.4, -0.2) is 74.6 Å². The molecule has 1 aromatic heterocycles. The van der Waals surface area contributed by atoms with E-state index in [0.29, 0.717) is 42.5 Å². The fourth-order valence-corrected chi connectivity index (χ4v) is 4.28. The summed E-state index contributed by atoms with van der Waals surface area (Å²) in [5.41, 5.74) is 0.832. The van der Waals surface area contributed by atoms with Crippen molar-refractivity contribution in [3.8, 4) is 0 Å². The molecule has 7 nitrogen and oxygen atoms in total. The fourth-order valence-electron chi connectivity index (χ4n) is 4.28. The van der Waals surface area contributed by atoms with Gasteiger partial charge in [-0.25, -0.2) is 4.68 Å². The largest absolute Gasteiger partial charge is 0.396 e. The van der Waals surface area contributed by atoms with Gasteiger partial charge in [-0.15, -0.1) is 5.10 Å². The van der Waals surface area contributed by atoms with Gasteiger partial charge in [-0.3, -0.25) is 9.69 Å². The van der Waals surface area contributed by atoms with E-state index in [2.05, 4.69) is 91.4 Å². The van der Waals surface area contributed by atoms with E-state index in [4.69, 9.17) is 5.11 Å². The summed E-state index contributed by atoms with van der Waals surface area (Å²) in [4.78, 5) is 16.2. The number of aliphatic hydroxyl groups is 1. The number of hydrogen-bond acceptors (Lipinski definition) is 5. The van der Waals surface area contributed by atoms with E-state index in [9.17, 15) is 4.79 Å². The first kappa shape index (κ1) is 30.6. The second-order valence-corrected chi connectivity index (χ2v) is 12.2. The highest BCUT2D eigenvalue weighted by molar-refractivity contribution is 5.76. The molecule has 0 spiro atoms. The van der Waals surface area contributed by atoms with Crippen LogP contribution in [0.25, 0.3) is 0 Å². The molecule has 0 aliphatic carbocycles. The van der Waals surface area contributed by atoms with Crippen molar-refractivity contribution in [3.63, 3.8) is 0 Å². The average Bonchev–Trinajstić information content (AvgIpc) is 3.25. The zero-order chi connectivity index (χ0) is 26.3. The molecule has 1 unspecified atom stereocenters. The third-order valence-corrected chi connectivity index (χ3v) is 7.62. The van der Waals surface area contributed by atoms with Crippen LogP contribution in [0.3, 0.4) is 0 Å². The number of piperazine rings is 1. The minimum Gasteiger partial charge on any atom is -0.396 e. The summed E-state index contributed by atoms with van der Waals surface area (Å²) in [6.45, 7) is 28.0. The Morgan fingerprint density at radius 2 is 1.56 bits per heavy atom. The van der Waals surface area contributed by atoms with Crippen molar-refractivity contribution in [1.82, 2.24) is 24.8 Å². The monoisotopic (exact) mass is 479 g/mol. The zero-order valence-corrected chi connectivity index (χ0v) is 23.9. The highest BCUT2D eigenvalue weighted by atomic mass is 16.3. The summed E-state index contributed by atoms with van der Waals surface area (Å²) in [5.74, 6) is 1.93. The Bertz CT molecular complexity index is 731. The van der Waals surface area contributed by atoms with Crippen molar-refractivity contribution >= 4 is 5.91 Å². The lowest BCUT2D eigenvalue weighted by Crippen LogP contribution is -2.50. The molecule has 7 heteroatoms. The molecule has 1 aliphatic heterocycles. The first-order valence-electron chi connectivity index (χ1n) is 13.2. The van der Waals surface area contributed by atoms with Crippen LogP contribution in [0, 0.1) is 17.8 Å².